The van der Waals surface area contributed by atoms with Crippen molar-refractivity contribution in [3.63, 3.8) is 0 Å². The Hall–Kier alpha value is -2.94. The second-order valence-electron chi connectivity index (χ2n) is 8.14. The van der Waals surface area contributed by atoms with Crippen LogP contribution in [0.15, 0.2) is 36.0 Å². The molecule has 0 N–H and O–H groups in total. The topological polar surface area (TPSA) is 118 Å². The maximum absolute atomic E-state index is 12.6. The van der Waals surface area contributed by atoms with Gasteiger partial charge in [-0.25, -0.2) is 14.4 Å². The number of allylic oxidation sites excluding steroid dienone is 1. The van der Waals surface area contributed by atoms with Gasteiger partial charge in [-0.2, -0.15) is 0 Å². The number of fused-ring (bicyclic) bond motifs is 3. The summed E-state index contributed by atoms with van der Waals surface area (Å²) in [6, 6.07) is 0. The summed E-state index contributed by atoms with van der Waals surface area (Å²) in [5.41, 5.74) is -0.486. The summed E-state index contributed by atoms with van der Waals surface area (Å²) in [5, 5.41) is 0. The van der Waals surface area contributed by atoms with Crippen molar-refractivity contribution in [1.29, 1.82) is 0 Å². The van der Waals surface area contributed by atoms with E-state index in [1.807, 2.05) is 6.92 Å². The molecule has 3 aliphatic rings. The van der Waals surface area contributed by atoms with Crippen LogP contribution in [0.3, 0.4) is 0 Å². The van der Waals surface area contributed by atoms with Gasteiger partial charge in [-0.1, -0.05) is 19.2 Å². The highest BCUT2D eigenvalue weighted by Gasteiger charge is 2.64. The fourth-order valence-corrected chi connectivity index (χ4v) is 4.10. The molecule has 2 heterocycles. The van der Waals surface area contributed by atoms with Crippen LogP contribution in [-0.2, 0) is 42.9 Å². The lowest BCUT2D eigenvalue weighted by molar-refractivity contribution is -0.168. The maximum Gasteiger partial charge on any atom is 0.337 e. The molecule has 0 aromatic heterocycles. The van der Waals surface area contributed by atoms with Crippen LogP contribution in [-0.4, -0.2) is 61.0 Å². The number of rotatable bonds is 4. The van der Waals surface area contributed by atoms with Crippen molar-refractivity contribution < 1.29 is 42.9 Å². The van der Waals surface area contributed by atoms with Crippen LogP contribution < -0.4 is 0 Å². The van der Waals surface area contributed by atoms with E-state index in [2.05, 4.69) is 13.2 Å². The molecule has 2 saturated heterocycles. The zero-order chi connectivity index (χ0) is 23.1. The fourth-order valence-electron chi connectivity index (χ4n) is 4.10. The van der Waals surface area contributed by atoms with Crippen molar-refractivity contribution in [2.24, 2.45) is 5.92 Å². The summed E-state index contributed by atoms with van der Waals surface area (Å²) < 4.78 is 27.4. The molecule has 168 valence electrons. The molecule has 0 saturated carbocycles. The first-order valence-corrected chi connectivity index (χ1v) is 9.90. The average molecular weight is 434 g/mol. The van der Waals surface area contributed by atoms with Gasteiger partial charge in [-0.05, 0) is 26.7 Å². The number of carbonyl (C=O) groups excluding carboxylic acids is 4. The number of methoxy groups -OCH3 is 1. The molecule has 31 heavy (non-hydrogen) atoms. The minimum absolute atomic E-state index is 0.00851. The molecule has 0 bridgehead atoms. The lowest BCUT2D eigenvalue weighted by atomic mass is 9.80. The number of epoxide rings is 1. The molecule has 1 aliphatic carbocycles. The molecule has 0 aromatic carbocycles. The highest BCUT2D eigenvalue weighted by atomic mass is 16.7. The van der Waals surface area contributed by atoms with Crippen LogP contribution in [0.1, 0.15) is 33.6 Å². The largest absolute Gasteiger partial charge is 0.466 e. The van der Waals surface area contributed by atoms with Crippen LogP contribution in [0, 0.1) is 5.92 Å². The van der Waals surface area contributed by atoms with Gasteiger partial charge < -0.3 is 23.7 Å². The average Bonchev–Trinajstić information content (AvgIpc) is 3.28. The summed E-state index contributed by atoms with van der Waals surface area (Å²) in [4.78, 5) is 49.5. The highest BCUT2D eigenvalue weighted by Crippen LogP contribution is 2.50. The normalized spacial score (nSPS) is 36.0. The second-order valence-corrected chi connectivity index (χ2v) is 8.14. The van der Waals surface area contributed by atoms with Crippen LogP contribution in [0.2, 0.25) is 0 Å². The van der Waals surface area contributed by atoms with Crippen molar-refractivity contribution in [3.8, 4) is 0 Å². The molecule has 9 nitrogen and oxygen atoms in total. The zero-order valence-corrected chi connectivity index (χ0v) is 18.0. The fraction of sp³-hybridized carbons (Fsp3) is 0.545. The molecule has 9 heteroatoms. The summed E-state index contributed by atoms with van der Waals surface area (Å²) in [6.45, 7) is 11.9. The van der Waals surface area contributed by atoms with E-state index in [0.717, 1.165) is 6.92 Å². The van der Waals surface area contributed by atoms with Crippen LogP contribution in [0.25, 0.3) is 0 Å². The number of hydrogen-bond donors (Lipinski definition) is 0. The first kappa shape index (κ1) is 22.7. The number of carbonyl (C=O) groups is 4. The highest BCUT2D eigenvalue weighted by molar-refractivity contribution is 5.93. The number of hydrogen-bond acceptors (Lipinski definition) is 9. The maximum atomic E-state index is 12.6. The summed E-state index contributed by atoms with van der Waals surface area (Å²) >= 11 is 0. The Balaban J connectivity index is 2.17. The van der Waals surface area contributed by atoms with E-state index < -0.39 is 59.8 Å². The molecule has 2 aliphatic heterocycles. The number of esters is 4. The SMILES string of the molecule is C=C(C)C(=O)O[C@H]1[C@H]2C(=C)C(=O)O[C@@H]2[C@@H]2O[C@]2(C)CC/C=C(\C(=O)OC)[C@@H]1OC(C)=O. The molecular weight excluding hydrogens is 408 g/mol. The van der Waals surface area contributed by atoms with E-state index in [4.69, 9.17) is 23.7 Å². The Kier molecular flexibility index (Phi) is 6.09. The van der Waals surface area contributed by atoms with Gasteiger partial charge in [0.2, 0.25) is 0 Å². The van der Waals surface area contributed by atoms with Gasteiger partial charge in [0.15, 0.2) is 12.2 Å². The van der Waals surface area contributed by atoms with Crippen LogP contribution >= 0.6 is 0 Å². The van der Waals surface area contributed by atoms with Crippen molar-refractivity contribution in [1.82, 2.24) is 0 Å². The minimum atomic E-state index is -1.35. The van der Waals surface area contributed by atoms with E-state index >= 15 is 0 Å². The van der Waals surface area contributed by atoms with Crippen molar-refractivity contribution >= 4 is 23.9 Å². The Morgan fingerprint density at radius 1 is 1.23 bits per heavy atom. The van der Waals surface area contributed by atoms with Gasteiger partial charge >= 0.3 is 23.9 Å². The van der Waals surface area contributed by atoms with Crippen molar-refractivity contribution in [2.75, 3.05) is 7.11 Å². The Labute approximate surface area is 180 Å². The smallest absolute Gasteiger partial charge is 0.337 e. The van der Waals surface area contributed by atoms with Gasteiger partial charge in [-0.3, -0.25) is 4.79 Å². The van der Waals surface area contributed by atoms with Crippen molar-refractivity contribution in [3.05, 3.63) is 36.0 Å². The van der Waals surface area contributed by atoms with E-state index in [0.29, 0.717) is 12.8 Å². The Bertz CT molecular complexity index is 885. The van der Waals surface area contributed by atoms with Gasteiger partial charge in [0.25, 0.3) is 0 Å². The first-order valence-electron chi connectivity index (χ1n) is 9.90. The van der Waals surface area contributed by atoms with Crippen LogP contribution in [0.4, 0.5) is 0 Å². The Morgan fingerprint density at radius 3 is 2.48 bits per heavy atom. The lowest BCUT2D eigenvalue weighted by Gasteiger charge is -2.33. The third-order valence-corrected chi connectivity index (χ3v) is 5.77. The quantitative estimate of drug-likeness (QED) is 0.281. The molecule has 0 unspecified atom stereocenters. The van der Waals surface area contributed by atoms with E-state index in [9.17, 15) is 19.2 Å². The first-order chi connectivity index (χ1) is 14.5. The third-order valence-electron chi connectivity index (χ3n) is 5.77. The molecule has 0 radical (unpaired) electrons. The standard InChI is InChI=1S/C22H26O9/c1-10(2)19(24)29-16-14-11(3)20(25)30-17(14)18-22(5,31-18)9-7-8-13(21(26)27-6)15(16)28-12(4)23/h8,14-18H,1,3,7,9H2,2,4-6H3/b13-8-/t14-,15+,16+,17+,18+,22-/m1/s1. The van der Waals surface area contributed by atoms with Gasteiger partial charge in [0.1, 0.15) is 12.2 Å². The summed E-state index contributed by atoms with van der Waals surface area (Å²) in [5.74, 6) is -3.84. The predicted octanol–water partition coefficient (Wildman–Crippen LogP) is 1.55. The predicted molar refractivity (Wildman–Crippen MR) is 105 cm³/mol. The zero-order valence-electron chi connectivity index (χ0n) is 18.0. The summed E-state index contributed by atoms with van der Waals surface area (Å²) in [6.07, 6.45) is -1.45. The van der Waals surface area contributed by atoms with E-state index in [-0.39, 0.29) is 16.7 Å². The lowest BCUT2D eigenvalue weighted by Crippen LogP contribution is -2.48. The Morgan fingerprint density at radius 2 is 1.90 bits per heavy atom. The monoisotopic (exact) mass is 434 g/mol. The van der Waals surface area contributed by atoms with Gasteiger partial charge in [0.05, 0.1) is 24.2 Å². The molecular formula is C22H26O9. The second kappa shape index (κ2) is 8.30. The summed E-state index contributed by atoms with van der Waals surface area (Å²) in [7, 11) is 1.19. The molecule has 3 rings (SSSR count). The third kappa shape index (κ3) is 4.27. The van der Waals surface area contributed by atoms with Gasteiger partial charge in [0, 0.05) is 18.1 Å². The van der Waals surface area contributed by atoms with E-state index in [1.165, 1.54) is 14.0 Å². The molecule has 0 amide bonds. The molecule has 0 aromatic rings. The minimum Gasteiger partial charge on any atom is -0.466 e. The molecule has 6 atom stereocenters. The molecule has 0 spiro atoms. The molecule has 2 fully saturated rings. The van der Waals surface area contributed by atoms with Crippen molar-refractivity contribution in [2.45, 2.75) is 63.6 Å². The van der Waals surface area contributed by atoms with Gasteiger partial charge in [-0.15, -0.1) is 0 Å². The van der Waals surface area contributed by atoms with E-state index in [1.54, 1.807) is 6.08 Å². The number of ether oxygens (including phenoxy) is 5. The van der Waals surface area contributed by atoms with Crippen LogP contribution in [0.5, 0.6) is 0 Å².